The van der Waals surface area contributed by atoms with Crippen molar-refractivity contribution in [2.24, 2.45) is 35.5 Å². The Morgan fingerprint density at radius 3 is 1.53 bits per heavy atom. The minimum atomic E-state index is -0.350. The van der Waals surface area contributed by atoms with E-state index in [2.05, 4.69) is 0 Å². The molecule has 4 fully saturated rings. The summed E-state index contributed by atoms with van der Waals surface area (Å²) in [4.78, 5) is 50.7. The van der Waals surface area contributed by atoms with E-state index >= 15 is 0 Å². The Morgan fingerprint density at radius 2 is 1.16 bits per heavy atom. The first-order valence-corrected chi connectivity index (χ1v) is 6.67. The topological polar surface area (TPSA) is 74.8 Å². The van der Waals surface area contributed by atoms with Gasteiger partial charge in [-0.25, -0.2) is 0 Å². The molecule has 2 aliphatic carbocycles. The number of nitrogens with zero attached hydrogens (tertiary/aromatic N) is 2. The number of carbonyl (C=O) groups is 4. The summed E-state index contributed by atoms with van der Waals surface area (Å²) in [6.07, 6.45) is 0. The van der Waals surface area contributed by atoms with Crippen molar-refractivity contribution in [3.05, 3.63) is 0 Å². The van der Waals surface area contributed by atoms with Crippen molar-refractivity contribution in [3.8, 4) is 0 Å². The fraction of sp³-hybridized carbons (Fsp3) is 0.692. The number of likely N-dealkylation sites (tertiary alicyclic amines) is 2. The van der Waals surface area contributed by atoms with Gasteiger partial charge in [0, 0.05) is 13.6 Å². The normalized spacial score (nSPS) is 46.8. The van der Waals surface area contributed by atoms with Gasteiger partial charge in [-0.3, -0.25) is 29.0 Å². The van der Waals surface area contributed by atoms with Crippen LogP contribution in [0.5, 0.6) is 0 Å². The van der Waals surface area contributed by atoms with Crippen molar-refractivity contribution in [3.63, 3.8) is 0 Å². The molecule has 2 saturated heterocycles. The van der Waals surface area contributed by atoms with E-state index in [4.69, 9.17) is 0 Å². The van der Waals surface area contributed by atoms with Crippen LogP contribution in [0.1, 0.15) is 6.92 Å². The molecule has 2 saturated carbocycles. The van der Waals surface area contributed by atoms with Gasteiger partial charge >= 0.3 is 0 Å². The second-order valence-corrected chi connectivity index (χ2v) is 5.91. The van der Waals surface area contributed by atoms with E-state index in [1.54, 1.807) is 6.92 Å². The van der Waals surface area contributed by atoms with E-state index in [0.717, 1.165) is 4.90 Å². The number of rotatable bonds is 1. The van der Waals surface area contributed by atoms with E-state index in [0.29, 0.717) is 6.54 Å². The lowest BCUT2D eigenvalue weighted by atomic mass is 9.39. The van der Waals surface area contributed by atoms with Crippen molar-refractivity contribution in [1.29, 1.82) is 0 Å². The van der Waals surface area contributed by atoms with E-state index in [9.17, 15) is 19.2 Å². The van der Waals surface area contributed by atoms with E-state index in [1.165, 1.54) is 11.9 Å². The van der Waals surface area contributed by atoms with Crippen molar-refractivity contribution in [2.75, 3.05) is 13.6 Å². The lowest BCUT2D eigenvalue weighted by molar-refractivity contribution is -0.189. The molecule has 6 nitrogen and oxygen atoms in total. The summed E-state index contributed by atoms with van der Waals surface area (Å²) in [6, 6.07) is 0. The number of hydrogen-bond donors (Lipinski definition) is 0. The molecule has 19 heavy (non-hydrogen) atoms. The summed E-state index contributed by atoms with van der Waals surface area (Å²) in [6.45, 7) is 2.15. The zero-order valence-electron chi connectivity index (χ0n) is 10.7. The third-order valence-electron chi connectivity index (χ3n) is 5.53. The Balaban J connectivity index is 1.71. The summed E-state index contributed by atoms with van der Waals surface area (Å²) in [5, 5.41) is 0. The fourth-order valence-corrected chi connectivity index (χ4v) is 4.68. The molecule has 0 aromatic carbocycles. The third-order valence-corrected chi connectivity index (χ3v) is 5.53. The van der Waals surface area contributed by atoms with Crippen LogP contribution in [0, 0.1) is 35.5 Å². The van der Waals surface area contributed by atoms with Crippen molar-refractivity contribution in [2.45, 2.75) is 6.92 Å². The minimum absolute atomic E-state index is 0.0793. The second kappa shape index (κ2) is 3.05. The highest BCUT2D eigenvalue weighted by molar-refractivity contribution is 6.12. The highest BCUT2D eigenvalue weighted by Crippen LogP contribution is 2.69. The molecule has 4 aliphatic rings. The van der Waals surface area contributed by atoms with Crippen LogP contribution in [-0.4, -0.2) is 47.0 Å². The summed E-state index contributed by atoms with van der Waals surface area (Å²) in [5.74, 6) is -2.19. The number of fused-ring (bicyclic) bond motifs is 7. The molecule has 0 bridgehead atoms. The quantitative estimate of drug-likeness (QED) is 0.574. The summed E-state index contributed by atoms with van der Waals surface area (Å²) in [7, 11) is 1.49. The zero-order valence-corrected chi connectivity index (χ0v) is 10.7. The largest absolute Gasteiger partial charge is 0.285 e. The maximum absolute atomic E-state index is 12.2. The molecule has 0 N–H and O–H groups in total. The molecular formula is C13H14N2O4. The maximum Gasteiger partial charge on any atom is 0.233 e. The van der Waals surface area contributed by atoms with Gasteiger partial charge in [-0.05, 0) is 18.8 Å². The molecule has 0 radical (unpaired) electrons. The molecule has 2 heterocycles. The molecule has 4 amide bonds. The monoisotopic (exact) mass is 262 g/mol. The third kappa shape index (κ3) is 0.914. The van der Waals surface area contributed by atoms with Crippen molar-refractivity contribution in [1.82, 2.24) is 9.80 Å². The average Bonchev–Trinajstić information content (AvgIpc) is 2.65. The number of carbonyl (C=O) groups excluding carboxylic acids is 4. The first kappa shape index (κ1) is 11.1. The van der Waals surface area contributed by atoms with Gasteiger partial charge in [0.1, 0.15) is 0 Å². The highest BCUT2D eigenvalue weighted by atomic mass is 16.2. The van der Waals surface area contributed by atoms with Gasteiger partial charge in [-0.1, -0.05) is 0 Å². The van der Waals surface area contributed by atoms with Gasteiger partial charge in [-0.2, -0.15) is 0 Å². The molecule has 2 aliphatic heterocycles. The number of imide groups is 2. The van der Waals surface area contributed by atoms with Crippen LogP contribution in [0.25, 0.3) is 0 Å². The van der Waals surface area contributed by atoms with Gasteiger partial charge < -0.3 is 0 Å². The van der Waals surface area contributed by atoms with Gasteiger partial charge in [-0.15, -0.1) is 0 Å². The Hall–Kier alpha value is -1.72. The Labute approximate surface area is 109 Å². The van der Waals surface area contributed by atoms with Crippen LogP contribution in [0.15, 0.2) is 0 Å². The molecule has 100 valence electrons. The number of amides is 4. The van der Waals surface area contributed by atoms with Crippen molar-refractivity contribution < 1.29 is 19.2 Å². The lowest BCUT2D eigenvalue weighted by Gasteiger charge is -2.59. The van der Waals surface area contributed by atoms with Crippen molar-refractivity contribution >= 4 is 23.6 Å². The second-order valence-electron chi connectivity index (χ2n) is 5.91. The molecule has 6 atom stereocenters. The van der Waals surface area contributed by atoms with Crippen LogP contribution >= 0.6 is 0 Å². The molecular weight excluding hydrogens is 248 g/mol. The molecule has 0 aromatic rings. The molecule has 6 unspecified atom stereocenters. The average molecular weight is 262 g/mol. The Morgan fingerprint density at radius 1 is 0.789 bits per heavy atom. The lowest BCUT2D eigenvalue weighted by Crippen LogP contribution is -2.66. The summed E-state index contributed by atoms with van der Waals surface area (Å²) in [5.41, 5.74) is 0. The number of hydrogen-bond acceptors (Lipinski definition) is 4. The molecule has 4 rings (SSSR count). The van der Waals surface area contributed by atoms with Crippen LogP contribution in [0.2, 0.25) is 0 Å². The summed E-state index contributed by atoms with van der Waals surface area (Å²) >= 11 is 0. The first-order valence-electron chi connectivity index (χ1n) is 6.67. The van der Waals surface area contributed by atoms with E-state index in [-0.39, 0.29) is 59.1 Å². The van der Waals surface area contributed by atoms with Gasteiger partial charge in [0.25, 0.3) is 0 Å². The minimum Gasteiger partial charge on any atom is -0.285 e. The Kier molecular flexibility index (Phi) is 1.79. The van der Waals surface area contributed by atoms with Crippen LogP contribution in [0.4, 0.5) is 0 Å². The smallest absolute Gasteiger partial charge is 0.233 e. The van der Waals surface area contributed by atoms with E-state index < -0.39 is 0 Å². The molecule has 0 aromatic heterocycles. The zero-order chi connectivity index (χ0) is 13.6. The summed E-state index contributed by atoms with van der Waals surface area (Å²) < 4.78 is 0. The molecule has 6 heteroatoms. The predicted octanol–water partition coefficient (Wildman–Crippen LogP) is -0.902. The van der Waals surface area contributed by atoms with Crippen LogP contribution < -0.4 is 0 Å². The first-order chi connectivity index (χ1) is 9.00. The highest BCUT2D eigenvalue weighted by Gasteiger charge is 2.79. The van der Waals surface area contributed by atoms with Crippen LogP contribution in [-0.2, 0) is 19.2 Å². The van der Waals surface area contributed by atoms with Gasteiger partial charge in [0.05, 0.1) is 23.7 Å². The maximum atomic E-state index is 12.2. The van der Waals surface area contributed by atoms with Gasteiger partial charge in [0.15, 0.2) is 0 Å². The Bertz CT molecular complexity index is 511. The molecule has 0 spiro atoms. The van der Waals surface area contributed by atoms with Gasteiger partial charge in [0.2, 0.25) is 23.6 Å². The standard InChI is InChI=1S/C13H14N2O4/c1-3-15-12(18)8-4-5(9(8)13(15)19)7-6(4)10(16)14(2)11(7)17/h4-9H,3H2,1-2H3. The predicted molar refractivity (Wildman–Crippen MR) is 61.1 cm³/mol. The fourth-order valence-electron chi connectivity index (χ4n) is 4.68. The SMILES string of the molecule is CCN1C(=O)C2C(C1=O)C1C3C(=O)N(C)C(=O)C3C21. The van der Waals surface area contributed by atoms with E-state index in [1.807, 2.05) is 0 Å². The van der Waals surface area contributed by atoms with Crippen LogP contribution in [0.3, 0.4) is 0 Å².